The van der Waals surface area contributed by atoms with E-state index in [9.17, 15) is 9.59 Å². The second-order valence-corrected chi connectivity index (χ2v) is 9.91. The van der Waals surface area contributed by atoms with E-state index < -0.39 is 6.03 Å². The Labute approximate surface area is 226 Å². The van der Waals surface area contributed by atoms with Gasteiger partial charge in [0.15, 0.2) is 0 Å². The van der Waals surface area contributed by atoms with Crippen molar-refractivity contribution < 1.29 is 4.79 Å². The molecule has 1 saturated heterocycles. The van der Waals surface area contributed by atoms with Crippen molar-refractivity contribution in [3.63, 3.8) is 0 Å². The van der Waals surface area contributed by atoms with Crippen molar-refractivity contribution >= 4 is 22.6 Å². The first-order valence-corrected chi connectivity index (χ1v) is 13.1. The van der Waals surface area contributed by atoms with Gasteiger partial charge in [0.1, 0.15) is 0 Å². The van der Waals surface area contributed by atoms with E-state index in [1.165, 1.54) is 5.56 Å². The van der Waals surface area contributed by atoms with Gasteiger partial charge in [-0.1, -0.05) is 72.8 Å². The maximum atomic E-state index is 12.5. The van der Waals surface area contributed by atoms with Gasteiger partial charge in [-0.2, -0.15) is 0 Å². The van der Waals surface area contributed by atoms with E-state index >= 15 is 0 Å². The summed E-state index contributed by atoms with van der Waals surface area (Å²) < 4.78 is 0. The predicted molar refractivity (Wildman–Crippen MR) is 155 cm³/mol. The number of urea groups is 1. The Balaban J connectivity index is 1.24. The third-order valence-electron chi connectivity index (χ3n) is 7.36. The lowest BCUT2D eigenvalue weighted by Crippen LogP contribution is -2.45. The number of nitrogens with two attached hydrogens (primary N) is 1. The number of aromatic amines is 1. The van der Waals surface area contributed by atoms with Crippen LogP contribution in [0.25, 0.3) is 33.3 Å². The molecular weight excluding hydrogens is 486 g/mol. The number of H-pyrrole nitrogens is 1. The fourth-order valence-electron chi connectivity index (χ4n) is 5.47. The Kier molecular flexibility index (Phi) is 6.65. The molecule has 3 N–H and O–H groups in total. The average molecular weight is 516 g/mol. The highest BCUT2D eigenvalue weighted by atomic mass is 16.2. The molecule has 0 bridgehead atoms. The topological polar surface area (TPSA) is 95.3 Å². The van der Waals surface area contributed by atoms with Crippen molar-refractivity contribution in [2.45, 2.75) is 19.0 Å². The zero-order valence-corrected chi connectivity index (χ0v) is 21.5. The number of pyridine rings is 2. The number of nitrogens with zero attached hydrogens (tertiary/aromatic N) is 3. The maximum Gasteiger partial charge on any atom is 0.319 e. The summed E-state index contributed by atoms with van der Waals surface area (Å²) >= 11 is 0. The Bertz CT molecular complexity index is 1670. The number of para-hydroxylation sites is 1. The van der Waals surface area contributed by atoms with Crippen molar-refractivity contribution in [1.82, 2.24) is 14.9 Å². The third kappa shape index (κ3) is 5.04. The molecule has 1 aliphatic heterocycles. The molecule has 5 aromatic rings. The summed E-state index contributed by atoms with van der Waals surface area (Å²) in [6, 6.07) is 31.5. The minimum Gasteiger partial charge on any atom is -0.351 e. The number of amides is 2. The van der Waals surface area contributed by atoms with Crippen molar-refractivity contribution in [2.24, 2.45) is 5.73 Å². The van der Waals surface area contributed by atoms with E-state index in [4.69, 9.17) is 10.7 Å². The molecule has 6 rings (SSSR count). The van der Waals surface area contributed by atoms with E-state index in [0.717, 1.165) is 54.1 Å². The lowest BCUT2D eigenvalue weighted by atomic mass is 9.97. The molecule has 0 saturated carbocycles. The van der Waals surface area contributed by atoms with Gasteiger partial charge in [0.05, 0.1) is 22.6 Å². The van der Waals surface area contributed by atoms with Crippen molar-refractivity contribution in [1.29, 1.82) is 0 Å². The number of rotatable bonds is 6. The van der Waals surface area contributed by atoms with E-state index in [2.05, 4.69) is 34.1 Å². The number of fused-ring (bicyclic) bond motifs is 1. The highest BCUT2D eigenvalue weighted by Crippen LogP contribution is 2.33. The Morgan fingerprint density at radius 3 is 2.38 bits per heavy atom. The van der Waals surface area contributed by atoms with Gasteiger partial charge in [0.2, 0.25) is 0 Å². The SMILES string of the molecule is NC(=O)N(c1ccccc1)C1CCN(Cc2ccc(-c3nc4cc[nH]c(=O)c4cc3-c3ccccc3)cc2)C1. The van der Waals surface area contributed by atoms with Gasteiger partial charge < -0.3 is 10.7 Å². The van der Waals surface area contributed by atoms with Gasteiger partial charge in [-0.3, -0.25) is 14.6 Å². The number of anilines is 1. The molecule has 7 nitrogen and oxygen atoms in total. The molecule has 7 heteroatoms. The number of primary amides is 1. The first-order chi connectivity index (χ1) is 19.1. The summed E-state index contributed by atoms with van der Waals surface area (Å²) in [5.41, 5.74) is 12.0. The standard InChI is InChI=1S/C32H29N5O2/c33-32(39)37(25-9-5-2-6-10-25)26-16-18-36(21-26)20-22-11-13-24(14-12-22)30-27(23-7-3-1-4-8-23)19-28-29(35-30)15-17-34-31(28)38/h1-15,17,19,26H,16,18,20-21H2,(H2,33,39)(H,34,38). The number of benzene rings is 3. The molecule has 2 aromatic heterocycles. The maximum absolute atomic E-state index is 12.5. The quantitative estimate of drug-likeness (QED) is 0.316. The fourth-order valence-corrected chi connectivity index (χ4v) is 5.47. The van der Waals surface area contributed by atoms with E-state index in [-0.39, 0.29) is 11.6 Å². The van der Waals surface area contributed by atoms with Crippen LogP contribution in [0.3, 0.4) is 0 Å². The van der Waals surface area contributed by atoms with Crippen LogP contribution < -0.4 is 16.2 Å². The zero-order valence-electron chi connectivity index (χ0n) is 21.5. The molecule has 2 amide bonds. The summed E-state index contributed by atoms with van der Waals surface area (Å²) in [5.74, 6) is 0. The lowest BCUT2D eigenvalue weighted by molar-refractivity contribution is 0.251. The van der Waals surface area contributed by atoms with Crippen LogP contribution in [0.5, 0.6) is 0 Å². The minimum atomic E-state index is -0.420. The molecule has 0 spiro atoms. The molecule has 1 aliphatic rings. The first kappa shape index (κ1) is 24.6. The van der Waals surface area contributed by atoms with Gasteiger partial charge in [-0.15, -0.1) is 0 Å². The molecule has 3 aromatic carbocycles. The number of aromatic nitrogens is 2. The molecule has 39 heavy (non-hydrogen) atoms. The normalized spacial score (nSPS) is 15.4. The largest absolute Gasteiger partial charge is 0.351 e. The van der Waals surface area contributed by atoms with E-state index in [1.54, 1.807) is 11.1 Å². The highest BCUT2D eigenvalue weighted by Gasteiger charge is 2.30. The summed E-state index contributed by atoms with van der Waals surface area (Å²) in [4.78, 5) is 36.5. The van der Waals surface area contributed by atoms with Crippen molar-refractivity contribution in [2.75, 3.05) is 18.0 Å². The van der Waals surface area contributed by atoms with Crippen LogP contribution in [0.1, 0.15) is 12.0 Å². The molecule has 3 heterocycles. The number of hydrogen-bond donors (Lipinski definition) is 2. The zero-order chi connectivity index (χ0) is 26.8. The number of hydrogen-bond acceptors (Lipinski definition) is 4. The summed E-state index contributed by atoms with van der Waals surface area (Å²) in [7, 11) is 0. The molecular formula is C32H29N5O2. The molecule has 0 aliphatic carbocycles. The van der Waals surface area contributed by atoms with Crippen molar-refractivity contribution in [3.05, 3.63) is 119 Å². The smallest absolute Gasteiger partial charge is 0.319 e. The van der Waals surface area contributed by atoms with Crippen LogP contribution in [0.4, 0.5) is 10.5 Å². The monoisotopic (exact) mass is 515 g/mol. The Hall–Kier alpha value is -4.75. The van der Waals surface area contributed by atoms with Crippen LogP contribution >= 0.6 is 0 Å². The Morgan fingerprint density at radius 2 is 1.67 bits per heavy atom. The van der Waals surface area contributed by atoms with Crippen molar-refractivity contribution in [3.8, 4) is 22.4 Å². The summed E-state index contributed by atoms with van der Waals surface area (Å²) in [6.45, 7) is 2.44. The van der Waals surface area contributed by atoms with Crippen LogP contribution in [-0.4, -0.2) is 40.0 Å². The van der Waals surface area contributed by atoms with Gasteiger partial charge in [0.25, 0.3) is 5.56 Å². The van der Waals surface area contributed by atoms with Crippen LogP contribution in [0.15, 0.2) is 108 Å². The first-order valence-electron chi connectivity index (χ1n) is 13.1. The Morgan fingerprint density at radius 1 is 0.949 bits per heavy atom. The van der Waals surface area contributed by atoms with Gasteiger partial charge >= 0.3 is 6.03 Å². The second kappa shape index (κ2) is 10.6. The lowest BCUT2D eigenvalue weighted by Gasteiger charge is -2.27. The average Bonchev–Trinajstić information content (AvgIpc) is 3.41. The number of carbonyl (C=O) groups excluding carboxylic acids is 1. The van der Waals surface area contributed by atoms with E-state index in [1.807, 2.05) is 72.8 Å². The second-order valence-electron chi connectivity index (χ2n) is 9.91. The third-order valence-corrected chi connectivity index (χ3v) is 7.36. The highest BCUT2D eigenvalue weighted by molar-refractivity contribution is 5.92. The van der Waals surface area contributed by atoms with E-state index in [0.29, 0.717) is 10.9 Å². The molecule has 0 radical (unpaired) electrons. The fraction of sp³-hybridized carbons (Fsp3) is 0.156. The van der Waals surface area contributed by atoms with Crippen LogP contribution in [0.2, 0.25) is 0 Å². The van der Waals surface area contributed by atoms with Gasteiger partial charge in [0, 0.05) is 42.6 Å². The number of likely N-dealkylation sites (tertiary alicyclic amines) is 1. The molecule has 1 fully saturated rings. The predicted octanol–water partition coefficient (Wildman–Crippen LogP) is 5.42. The molecule has 1 atom stereocenters. The number of carbonyl (C=O) groups is 1. The van der Waals surface area contributed by atoms with Gasteiger partial charge in [-0.25, -0.2) is 9.78 Å². The minimum absolute atomic E-state index is 0.0440. The summed E-state index contributed by atoms with van der Waals surface area (Å²) in [6.07, 6.45) is 2.50. The van der Waals surface area contributed by atoms with Crippen LogP contribution in [0, 0.1) is 0 Å². The summed E-state index contributed by atoms with van der Waals surface area (Å²) in [5, 5.41) is 0.570. The van der Waals surface area contributed by atoms with Gasteiger partial charge in [-0.05, 0) is 41.8 Å². The van der Waals surface area contributed by atoms with Crippen LogP contribution in [-0.2, 0) is 6.54 Å². The number of nitrogens with one attached hydrogen (secondary N) is 1. The molecule has 194 valence electrons. The molecule has 1 unspecified atom stereocenters.